The Morgan fingerprint density at radius 3 is 2.49 bits per heavy atom. The Morgan fingerprint density at radius 1 is 1.11 bits per heavy atom. The van der Waals surface area contributed by atoms with Crippen LogP contribution in [0.4, 0.5) is 14.5 Å². The molecule has 182 valence electrons. The van der Waals surface area contributed by atoms with Gasteiger partial charge in [0, 0.05) is 37.7 Å². The average Bonchev–Trinajstić information content (AvgIpc) is 3.42. The van der Waals surface area contributed by atoms with Crippen LogP contribution in [0.3, 0.4) is 0 Å². The summed E-state index contributed by atoms with van der Waals surface area (Å²) >= 11 is 0. The van der Waals surface area contributed by atoms with Gasteiger partial charge >= 0.3 is 5.92 Å². The normalized spacial score (nSPS) is 15.7. The number of carbonyl (C=O) groups is 2. The van der Waals surface area contributed by atoms with Crippen LogP contribution in [-0.2, 0) is 9.59 Å². The third-order valence-electron chi connectivity index (χ3n) is 5.78. The van der Waals surface area contributed by atoms with Crippen molar-refractivity contribution in [3.05, 3.63) is 84.3 Å². The van der Waals surface area contributed by atoms with E-state index >= 15 is 0 Å². The van der Waals surface area contributed by atoms with Crippen molar-refractivity contribution in [2.24, 2.45) is 5.73 Å². The van der Waals surface area contributed by atoms with Gasteiger partial charge in [0.1, 0.15) is 0 Å². The predicted molar refractivity (Wildman–Crippen MR) is 131 cm³/mol. The maximum absolute atomic E-state index is 12.7. The van der Waals surface area contributed by atoms with E-state index in [0.29, 0.717) is 13.3 Å². The van der Waals surface area contributed by atoms with Crippen LogP contribution in [-0.4, -0.2) is 32.5 Å². The zero-order valence-corrected chi connectivity index (χ0v) is 19.4. The van der Waals surface area contributed by atoms with Gasteiger partial charge in [-0.15, -0.1) is 0 Å². The van der Waals surface area contributed by atoms with E-state index in [0.717, 1.165) is 34.4 Å². The van der Waals surface area contributed by atoms with Crippen molar-refractivity contribution in [1.82, 2.24) is 14.8 Å². The molecule has 7 nitrogen and oxygen atoms in total. The molecule has 2 aromatic heterocycles. The molecular weight excluding hydrogens is 452 g/mol. The van der Waals surface area contributed by atoms with Gasteiger partial charge in [0.05, 0.1) is 23.4 Å². The molecule has 1 atom stereocenters. The summed E-state index contributed by atoms with van der Waals surface area (Å²) in [6, 6.07) is 20.4. The van der Waals surface area contributed by atoms with Gasteiger partial charge in [-0.05, 0) is 49.2 Å². The minimum Gasteiger partial charge on any atom is -0.364 e. The number of hydrogen-bond donors (Lipinski definition) is 1. The van der Waals surface area contributed by atoms with Crippen LogP contribution in [0.15, 0.2) is 73.1 Å². The fourth-order valence-electron chi connectivity index (χ4n) is 4.04. The summed E-state index contributed by atoms with van der Waals surface area (Å²) in [6.45, 7) is 2.42. The highest BCUT2D eigenvalue weighted by Crippen LogP contribution is 2.38. The number of alkyl halides is 2. The molecule has 0 saturated carbocycles. The summed E-state index contributed by atoms with van der Waals surface area (Å²) in [6.07, 6.45) is 5.07. The van der Waals surface area contributed by atoms with Gasteiger partial charge in [-0.3, -0.25) is 14.6 Å². The van der Waals surface area contributed by atoms with Crippen molar-refractivity contribution in [2.45, 2.75) is 38.7 Å². The molecule has 0 aliphatic carbocycles. The first-order valence-corrected chi connectivity index (χ1v) is 11.1. The van der Waals surface area contributed by atoms with E-state index in [-0.39, 0.29) is 13.4 Å². The Bertz CT molecular complexity index is 1370. The smallest absolute Gasteiger partial charge is 0.321 e. The number of fused-ring (bicyclic) bond motifs is 1. The predicted octanol–water partition coefficient (Wildman–Crippen LogP) is 4.97. The zero-order valence-electron chi connectivity index (χ0n) is 19.4. The Balaban J connectivity index is 0.000000400. The minimum absolute atomic E-state index is 0. The summed E-state index contributed by atoms with van der Waals surface area (Å²) in [5, 5.41) is 5.57. The van der Waals surface area contributed by atoms with Crippen molar-refractivity contribution < 1.29 is 19.8 Å². The summed E-state index contributed by atoms with van der Waals surface area (Å²) in [7, 11) is 0. The van der Waals surface area contributed by atoms with Crippen LogP contribution in [0.25, 0.3) is 16.6 Å². The molecule has 0 bridgehead atoms. The molecule has 3 heterocycles. The van der Waals surface area contributed by atoms with Gasteiger partial charge in [0.15, 0.2) is 0 Å². The monoisotopic (exact) mass is 479 g/mol. The Morgan fingerprint density at radius 2 is 1.83 bits per heavy atom. The molecule has 2 aromatic carbocycles. The van der Waals surface area contributed by atoms with E-state index < -0.39 is 11.8 Å². The highest BCUT2D eigenvalue weighted by Gasteiger charge is 2.33. The van der Waals surface area contributed by atoms with Gasteiger partial charge in [-0.2, -0.15) is 13.9 Å². The molecule has 1 fully saturated rings. The largest absolute Gasteiger partial charge is 0.364 e. The molecule has 1 saturated heterocycles. The van der Waals surface area contributed by atoms with Crippen molar-refractivity contribution in [3.8, 4) is 5.69 Å². The number of amides is 2. The van der Waals surface area contributed by atoms with Crippen LogP contribution in [0.5, 0.6) is 0 Å². The fraction of sp³-hybridized carbons (Fsp3) is 0.231. The standard InChI is InChI=1S/C23H20N4O.C3H5F2NO.H2/c1-16-13-20(11-12-24-16)27-22-8-7-19(14-18(22)15-25-27)26-21(9-10-23(26)28)17-5-3-2-4-6-17;1-3(4,5)2(6)7;/h2-8,11-15,21H,9-10H2,1H3;1H3,(H2,6,7);1H/t21-;;/m0../s1. The number of nitrogens with zero attached hydrogens (tertiary/aromatic N) is 4. The molecule has 0 unspecified atom stereocenters. The molecule has 0 spiro atoms. The minimum atomic E-state index is -3.36. The lowest BCUT2D eigenvalue weighted by Crippen LogP contribution is -2.31. The second-order valence-electron chi connectivity index (χ2n) is 8.44. The second kappa shape index (κ2) is 9.61. The Hall–Kier alpha value is -4.14. The lowest BCUT2D eigenvalue weighted by Gasteiger charge is -2.25. The zero-order chi connectivity index (χ0) is 25.2. The molecular formula is C26H27F2N5O2. The Kier molecular flexibility index (Phi) is 6.59. The number of primary amides is 1. The first kappa shape index (κ1) is 24.0. The first-order valence-electron chi connectivity index (χ1n) is 11.1. The number of aryl methyl sites for hydroxylation is 1. The van der Waals surface area contributed by atoms with Gasteiger partial charge in [-0.1, -0.05) is 30.3 Å². The summed E-state index contributed by atoms with van der Waals surface area (Å²) in [4.78, 5) is 28.3. The van der Waals surface area contributed by atoms with Gasteiger partial charge in [0.2, 0.25) is 5.91 Å². The van der Waals surface area contributed by atoms with Crippen LogP contribution in [0, 0.1) is 6.92 Å². The molecule has 2 amide bonds. The van der Waals surface area contributed by atoms with Crippen LogP contribution < -0.4 is 10.6 Å². The molecule has 1 aliphatic heterocycles. The second-order valence-corrected chi connectivity index (χ2v) is 8.44. The summed E-state index contributed by atoms with van der Waals surface area (Å²) in [5.41, 5.74) is 9.23. The van der Waals surface area contributed by atoms with E-state index in [1.165, 1.54) is 5.56 Å². The van der Waals surface area contributed by atoms with Crippen molar-refractivity contribution >= 4 is 28.4 Å². The number of halogens is 2. The highest BCUT2D eigenvalue weighted by atomic mass is 19.3. The SMILES string of the molecule is CC(F)(F)C(N)=O.Cc1cc(-n2ncc3cc(N4C(=O)CC[C@H]4c4ccccc4)ccc32)ccn1.[HH]. The van der Waals surface area contributed by atoms with Crippen molar-refractivity contribution in [3.63, 3.8) is 0 Å². The number of nitrogens with two attached hydrogens (primary N) is 1. The van der Waals surface area contributed by atoms with Crippen LogP contribution in [0.2, 0.25) is 0 Å². The lowest BCUT2D eigenvalue weighted by atomic mass is 10.0. The molecule has 9 heteroatoms. The number of benzene rings is 2. The van der Waals surface area contributed by atoms with E-state index in [1.54, 1.807) is 6.20 Å². The van der Waals surface area contributed by atoms with Gasteiger partial charge < -0.3 is 10.6 Å². The molecule has 1 aliphatic rings. The van der Waals surface area contributed by atoms with Crippen LogP contribution >= 0.6 is 0 Å². The van der Waals surface area contributed by atoms with Gasteiger partial charge in [0.25, 0.3) is 5.91 Å². The number of hydrogen-bond acceptors (Lipinski definition) is 4. The van der Waals surface area contributed by atoms with E-state index in [4.69, 9.17) is 0 Å². The van der Waals surface area contributed by atoms with Crippen molar-refractivity contribution in [1.29, 1.82) is 0 Å². The van der Waals surface area contributed by atoms with E-state index in [1.807, 2.05) is 65.2 Å². The number of carbonyl (C=O) groups excluding carboxylic acids is 2. The number of aromatic nitrogens is 3. The number of pyridine rings is 1. The third kappa shape index (κ3) is 5.18. The van der Waals surface area contributed by atoms with Crippen molar-refractivity contribution in [2.75, 3.05) is 4.90 Å². The Labute approximate surface area is 202 Å². The molecule has 2 N–H and O–H groups in total. The lowest BCUT2D eigenvalue weighted by molar-refractivity contribution is -0.139. The van der Waals surface area contributed by atoms with E-state index in [9.17, 15) is 18.4 Å². The van der Waals surface area contributed by atoms with E-state index in [2.05, 4.69) is 34.0 Å². The fourth-order valence-corrected chi connectivity index (χ4v) is 4.04. The third-order valence-corrected chi connectivity index (χ3v) is 5.78. The maximum Gasteiger partial charge on any atom is 0.321 e. The molecule has 4 aromatic rings. The quantitative estimate of drug-likeness (QED) is 0.447. The molecule has 5 rings (SSSR count). The maximum atomic E-state index is 12.7. The molecule has 35 heavy (non-hydrogen) atoms. The topological polar surface area (TPSA) is 94.1 Å². The first-order chi connectivity index (χ1) is 16.6. The molecule has 0 radical (unpaired) electrons. The summed E-state index contributed by atoms with van der Waals surface area (Å²) < 4.78 is 24.7. The van der Waals surface area contributed by atoms with Gasteiger partial charge in [-0.25, -0.2) is 4.68 Å². The van der Waals surface area contributed by atoms with Crippen LogP contribution in [0.1, 0.15) is 38.5 Å². The number of anilines is 1. The highest BCUT2D eigenvalue weighted by molar-refractivity contribution is 5.98. The summed E-state index contributed by atoms with van der Waals surface area (Å²) in [5.74, 6) is -4.78. The average molecular weight is 480 g/mol. The number of rotatable bonds is 4.